The molecule has 0 heterocycles. The highest BCUT2D eigenvalue weighted by molar-refractivity contribution is 9.10. The molecule has 0 radical (unpaired) electrons. The first-order valence-electron chi connectivity index (χ1n) is 5.86. The summed E-state index contributed by atoms with van der Waals surface area (Å²) < 4.78 is 5.50. The van der Waals surface area contributed by atoms with E-state index >= 15 is 0 Å². The molecule has 0 atom stereocenters. The van der Waals surface area contributed by atoms with Gasteiger partial charge in [-0.3, -0.25) is 9.59 Å². The number of esters is 1. The Morgan fingerprint density at radius 2 is 2.16 bits per heavy atom. The number of carbonyl (C=O) groups is 2. The van der Waals surface area contributed by atoms with Crippen LogP contribution < -0.4 is 0 Å². The molecular formula is C14H16BrNO3. The van der Waals surface area contributed by atoms with Gasteiger partial charge >= 0.3 is 5.97 Å². The maximum absolute atomic E-state index is 11.9. The van der Waals surface area contributed by atoms with Gasteiger partial charge in [0.05, 0.1) is 7.11 Å². The van der Waals surface area contributed by atoms with Gasteiger partial charge in [-0.25, -0.2) is 0 Å². The van der Waals surface area contributed by atoms with Crippen LogP contribution in [0, 0.1) is 0 Å². The number of hydrogen-bond donors (Lipinski definition) is 0. The summed E-state index contributed by atoms with van der Waals surface area (Å²) in [7, 11) is 1.30. The molecule has 0 aliphatic rings. The van der Waals surface area contributed by atoms with Gasteiger partial charge in [0.2, 0.25) is 5.91 Å². The number of halogens is 1. The van der Waals surface area contributed by atoms with E-state index in [9.17, 15) is 9.59 Å². The number of ether oxygens (including phenoxy) is 1. The van der Waals surface area contributed by atoms with Gasteiger partial charge < -0.3 is 9.64 Å². The highest BCUT2D eigenvalue weighted by Crippen LogP contribution is 2.12. The molecular weight excluding hydrogens is 310 g/mol. The van der Waals surface area contributed by atoms with Crippen LogP contribution in [0.15, 0.2) is 34.8 Å². The summed E-state index contributed by atoms with van der Waals surface area (Å²) in [6, 6.07) is 7.60. The summed E-state index contributed by atoms with van der Waals surface area (Å²) in [5, 5.41) is 0. The van der Waals surface area contributed by atoms with Gasteiger partial charge in [-0.05, 0) is 30.7 Å². The minimum Gasteiger partial charge on any atom is -0.468 e. The molecule has 0 aliphatic carbocycles. The van der Waals surface area contributed by atoms with Crippen molar-refractivity contribution in [1.29, 1.82) is 0 Å². The zero-order chi connectivity index (χ0) is 14.3. The quantitative estimate of drug-likeness (QED) is 0.617. The SMILES string of the molecule is CCN(CC(=O)OC)C(=O)/C=C/c1cccc(Br)c1. The minimum atomic E-state index is -0.425. The van der Waals surface area contributed by atoms with Crippen molar-refractivity contribution in [3.05, 3.63) is 40.4 Å². The number of methoxy groups -OCH3 is 1. The van der Waals surface area contributed by atoms with E-state index in [1.165, 1.54) is 18.1 Å². The van der Waals surface area contributed by atoms with Crippen LogP contribution in [-0.4, -0.2) is 37.0 Å². The van der Waals surface area contributed by atoms with Crippen molar-refractivity contribution in [2.24, 2.45) is 0 Å². The summed E-state index contributed by atoms with van der Waals surface area (Å²) in [4.78, 5) is 24.5. The first-order chi connectivity index (χ1) is 9.06. The lowest BCUT2D eigenvalue weighted by molar-refractivity contribution is -0.145. The van der Waals surface area contributed by atoms with Crippen molar-refractivity contribution in [3.63, 3.8) is 0 Å². The number of carbonyl (C=O) groups excluding carboxylic acids is 2. The lowest BCUT2D eigenvalue weighted by Crippen LogP contribution is -2.34. The Morgan fingerprint density at radius 3 is 2.74 bits per heavy atom. The second-order valence-electron chi connectivity index (χ2n) is 3.82. The lowest BCUT2D eigenvalue weighted by Gasteiger charge is -2.17. The smallest absolute Gasteiger partial charge is 0.325 e. The Morgan fingerprint density at radius 1 is 1.42 bits per heavy atom. The van der Waals surface area contributed by atoms with Gasteiger partial charge in [0.15, 0.2) is 0 Å². The molecule has 5 heteroatoms. The molecule has 1 rings (SSSR count). The van der Waals surface area contributed by atoms with Crippen molar-refractivity contribution >= 4 is 33.9 Å². The molecule has 102 valence electrons. The van der Waals surface area contributed by atoms with Crippen LogP contribution in [-0.2, 0) is 14.3 Å². The molecule has 19 heavy (non-hydrogen) atoms. The predicted molar refractivity (Wildman–Crippen MR) is 77.4 cm³/mol. The molecule has 0 aliphatic heterocycles. The van der Waals surface area contributed by atoms with E-state index in [4.69, 9.17) is 0 Å². The Balaban J connectivity index is 2.69. The van der Waals surface area contributed by atoms with Gasteiger partial charge in [-0.1, -0.05) is 28.1 Å². The highest BCUT2D eigenvalue weighted by Gasteiger charge is 2.12. The van der Waals surface area contributed by atoms with Gasteiger partial charge in [0.25, 0.3) is 0 Å². The molecule has 0 saturated carbocycles. The lowest BCUT2D eigenvalue weighted by atomic mass is 10.2. The van der Waals surface area contributed by atoms with E-state index in [1.807, 2.05) is 31.2 Å². The summed E-state index contributed by atoms with van der Waals surface area (Å²) in [6.07, 6.45) is 3.17. The van der Waals surface area contributed by atoms with Crippen LogP contribution in [0.3, 0.4) is 0 Å². The number of amides is 1. The van der Waals surface area contributed by atoms with Gasteiger partial charge in [0.1, 0.15) is 6.54 Å². The van der Waals surface area contributed by atoms with E-state index in [-0.39, 0.29) is 12.5 Å². The maximum Gasteiger partial charge on any atom is 0.325 e. The number of hydrogen-bond acceptors (Lipinski definition) is 3. The third-order valence-corrected chi connectivity index (χ3v) is 3.00. The molecule has 0 aromatic heterocycles. The zero-order valence-corrected chi connectivity index (χ0v) is 12.5. The molecule has 0 bridgehead atoms. The van der Waals surface area contributed by atoms with Crippen molar-refractivity contribution < 1.29 is 14.3 Å². The van der Waals surface area contributed by atoms with Crippen LogP contribution in [0.2, 0.25) is 0 Å². The normalized spacial score (nSPS) is 10.5. The van der Waals surface area contributed by atoms with E-state index in [0.717, 1.165) is 10.0 Å². The van der Waals surface area contributed by atoms with Crippen LogP contribution in [0.1, 0.15) is 12.5 Å². The Bertz CT molecular complexity index is 485. The first-order valence-corrected chi connectivity index (χ1v) is 6.65. The molecule has 0 saturated heterocycles. The number of rotatable bonds is 5. The van der Waals surface area contributed by atoms with E-state index < -0.39 is 5.97 Å². The summed E-state index contributed by atoms with van der Waals surface area (Å²) in [6.45, 7) is 2.24. The average Bonchev–Trinajstić information content (AvgIpc) is 2.41. The Labute approximate surface area is 121 Å². The van der Waals surface area contributed by atoms with Crippen LogP contribution in [0.25, 0.3) is 6.08 Å². The second kappa shape index (κ2) is 7.74. The fraction of sp³-hybridized carbons (Fsp3) is 0.286. The van der Waals surface area contributed by atoms with Crippen molar-refractivity contribution in [2.45, 2.75) is 6.92 Å². The summed E-state index contributed by atoms with van der Waals surface area (Å²) in [5.74, 6) is -0.640. The number of likely N-dealkylation sites (N-methyl/N-ethyl adjacent to an activating group) is 1. The monoisotopic (exact) mass is 325 g/mol. The van der Waals surface area contributed by atoms with E-state index in [2.05, 4.69) is 20.7 Å². The average molecular weight is 326 g/mol. The second-order valence-corrected chi connectivity index (χ2v) is 4.73. The van der Waals surface area contributed by atoms with E-state index in [0.29, 0.717) is 6.54 Å². The zero-order valence-electron chi connectivity index (χ0n) is 10.9. The van der Waals surface area contributed by atoms with Gasteiger partial charge in [0, 0.05) is 17.1 Å². The first kappa shape index (κ1) is 15.4. The van der Waals surface area contributed by atoms with Crippen molar-refractivity contribution in [3.8, 4) is 0 Å². The van der Waals surface area contributed by atoms with Gasteiger partial charge in [-0.15, -0.1) is 0 Å². The molecule has 0 spiro atoms. The molecule has 0 N–H and O–H groups in total. The largest absolute Gasteiger partial charge is 0.468 e. The number of nitrogens with zero attached hydrogens (tertiary/aromatic N) is 1. The topological polar surface area (TPSA) is 46.6 Å². The van der Waals surface area contributed by atoms with Crippen molar-refractivity contribution in [2.75, 3.05) is 20.2 Å². The summed E-state index contributed by atoms with van der Waals surface area (Å²) in [5.41, 5.74) is 0.914. The van der Waals surface area contributed by atoms with Gasteiger partial charge in [-0.2, -0.15) is 0 Å². The number of benzene rings is 1. The highest BCUT2D eigenvalue weighted by atomic mass is 79.9. The molecule has 4 nitrogen and oxygen atoms in total. The predicted octanol–water partition coefficient (Wildman–Crippen LogP) is 2.48. The molecule has 1 aromatic rings. The third kappa shape index (κ3) is 5.26. The Hall–Kier alpha value is -1.62. The molecule has 0 unspecified atom stereocenters. The summed E-state index contributed by atoms with van der Waals surface area (Å²) >= 11 is 3.36. The standard InChI is InChI=1S/C14H16BrNO3/c1-3-16(10-14(18)19-2)13(17)8-7-11-5-4-6-12(15)9-11/h4-9H,3,10H2,1-2H3/b8-7+. The fourth-order valence-electron chi connectivity index (χ4n) is 1.45. The van der Waals surface area contributed by atoms with Crippen LogP contribution in [0.5, 0.6) is 0 Å². The third-order valence-electron chi connectivity index (χ3n) is 2.51. The fourth-order valence-corrected chi connectivity index (χ4v) is 1.87. The molecule has 1 amide bonds. The Kier molecular flexibility index (Phi) is 6.29. The molecule has 0 fully saturated rings. The van der Waals surface area contributed by atoms with E-state index in [1.54, 1.807) is 6.08 Å². The van der Waals surface area contributed by atoms with Crippen molar-refractivity contribution in [1.82, 2.24) is 4.90 Å². The minimum absolute atomic E-state index is 0.0331. The van der Waals surface area contributed by atoms with Crippen LogP contribution >= 0.6 is 15.9 Å². The molecule has 1 aromatic carbocycles. The maximum atomic E-state index is 11.9. The van der Waals surface area contributed by atoms with Crippen LogP contribution in [0.4, 0.5) is 0 Å².